The molecule has 0 spiro atoms. The molecule has 1 heterocycles. The third kappa shape index (κ3) is 6.60. The number of benzene rings is 2. The first-order valence-electron chi connectivity index (χ1n) is 13.5. The number of carbonyl (C=O) groups excluding carboxylic acids is 2. The second-order valence-electron chi connectivity index (χ2n) is 10.6. The predicted molar refractivity (Wildman–Crippen MR) is 142 cm³/mol. The number of carbonyl (C=O) groups is 3. The molecule has 1 aliphatic carbocycles. The first-order chi connectivity index (χ1) is 18.3. The van der Waals surface area contributed by atoms with E-state index in [-0.39, 0.29) is 18.4 Å². The van der Waals surface area contributed by atoms with Gasteiger partial charge >= 0.3 is 11.9 Å². The molecule has 2 N–H and O–H groups in total. The van der Waals surface area contributed by atoms with Gasteiger partial charge in [-0.1, -0.05) is 60.7 Å². The largest absolute Gasteiger partial charge is 0.481 e. The standard InChI is InChI=1S/C30H38N2O6/c1-31(16-9-8-14-28(34)35)27(33)15-17-32-20-22-18-26(19-23(22)21-32)38-29(36)30(37,24-10-4-2-5-11-24)25-12-6-3-7-13-25/h2-7,10-13,22-23,26,37H,8-9,14-21H2,1H3,(H,34,35)/t22-,23+,26+. The van der Waals surface area contributed by atoms with Crippen molar-refractivity contribution in [2.24, 2.45) is 11.8 Å². The van der Waals surface area contributed by atoms with Crippen molar-refractivity contribution in [3.8, 4) is 0 Å². The van der Waals surface area contributed by atoms with Crippen molar-refractivity contribution in [2.75, 3.05) is 33.2 Å². The molecular formula is C30H38N2O6. The van der Waals surface area contributed by atoms with E-state index >= 15 is 0 Å². The fourth-order valence-electron chi connectivity index (χ4n) is 5.81. The van der Waals surface area contributed by atoms with Crippen LogP contribution >= 0.6 is 0 Å². The van der Waals surface area contributed by atoms with E-state index < -0.39 is 17.5 Å². The quantitative estimate of drug-likeness (QED) is 0.325. The number of unbranched alkanes of at least 4 members (excludes halogenated alkanes) is 1. The van der Waals surface area contributed by atoms with Crippen molar-refractivity contribution in [1.82, 2.24) is 9.80 Å². The molecule has 1 aliphatic heterocycles. The fraction of sp³-hybridized carbons (Fsp3) is 0.500. The zero-order chi connectivity index (χ0) is 27.1. The van der Waals surface area contributed by atoms with Gasteiger partial charge in [-0.25, -0.2) is 4.79 Å². The normalized spacial score (nSPS) is 21.2. The van der Waals surface area contributed by atoms with Gasteiger partial charge in [0.25, 0.3) is 0 Å². The van der Waals surface area contributed by atoms with Gasteiger partial charge in [-0.3, -0.25) is 9.59 Å². The first-order valence-corrected chi connectivity index (χ1v) is 13.5. The minimum Gasteiger partial charge on any atom is -0.481 e. The molecule has 2 aromatic rings. The molecule has 1 saturated heterocycles. The van der Waals surface area contributed by atoms with Gasteiger partial charge in [0.15, 0.2) is 0 Å². The van der Waals surface area contributed by atoms with Gasteiger partial charge in [0.2, 0.25) is 11.5 Å². The van der Waals surface area contributed by atoms with Gasteiger partial charge < -0.3 is 24.7 Å². The van der Waals surface area contributed by atoms with E-state index in [2.05, 4.69) is 4.90 Å². The summed E-state index contributed by atoms with van der Waals surface area (Å²) in [5.74, 6) is -0.575. The Balaban J connectivity index is 1.26. The molecule has 8 heteroatoms. The summed E-state index contributed by atoms with van der Waals surface area (Å²) in [5.41, 5.74) is -0.902. The summed E-state index contributed by atoms with van der Waals surface area (Å²) in [4.78, 5) is 40.5. The fourth-order valence-corrected chi connectivity index (χ4v) is 5.81. The lowest BCUT2D eigenvalue weighted by Gasteiger charge is -2.29. The van der Waals surface area contributed by atoms with Crippen molar-refractivity contribution in [1.29, 1.82) is 0 Å². The minimum atomic E-state index is -1.87. The number of ether oxygens (including phenoxy) is 1. The smallest absolute Gasteiger partial charge is 0.347 e. The van der Waals surface area contributed by atoms with Crippen LogP contribution in [0.3, 0.4) is 0 Å². The monoisotopic (exact) mass is 522 g/mol. The van der Waals surface area contributed by atoms with Crippen LogP contribution in [-0.2, 0) is 24.7 Å². The Morgan fingerprint density at radius 2 is 1.47 bits per heavy atom. The van der Waals surface area contributed by atoms with Crippen LogP contribution in [0, 0.1) is 11.8 Å². The number of likely N-dealkylation sites (tertiary alicyclic amines) is 1. The van der Waals surface area contributed by atoms with Crippen molar-refractivity contribution < 1.29 is 29.3 Å². The van der Waals surface area contributed by atoms with Gasteiger partial charge in [0.1, 0.15) is 6.10 Å². The molecule has 0 aromatic heterocycles. The van der Waals surface area contributed by atoms with Crippen LogP contribution in [0.4, 0.5) is 0 Å². The molecule has 2 aromatic carbocycles. The number of rotatable bonds is 12. The Morgan fingerprint density at radius 3 is 2.00 bits per heavy atom. The zero-order valence-electron chi connectivity index (χ0n) is 22.0. The molecule has 0 radical (unpaired) electrons. The molecule has 0 unspecified atom stereocenters. The second-order valence-corrected chi connectivity index (χ2v) is 10.6. The average molecular weight is 523 g/mol. The molecule has 0 bridgehead atoms. The molecule has 8 nitrogen and oxygen atoms in total. The summed E-state index contributed by atoms with van der Waals surface area (Å²) in [5, 5.41) is 20.4. The molecule has 4 rings (SSSR count). The topological polar surface area (TPSA) is 107 Å². The molecule has 3 atom stereocenters. The van der Waals surface area contributed by atoms with Crippen molar-refractivity contribution in [2.45, 2.75) is 50.2 Å². The SMILES string of the molecule is CN(CCCCC(=O)O)C(=O)CCN1C[C@H]2C[C@H](OC(=O)C(O)(c3ccccc3)c3ccccc3)C[C@H]2C1. The lowest BCUT2D eigenvalue weighted by molar-refractivity contribution is -0.168. The minimum absolute atomic E-state index is 0.0744. The Hall–Kier alpha value is -3.23. The molecule has 204 valence electrons. The Labute approximate surface area is 224 Å². The van der Waals surface area contributed by atoms with Crippen LogP contribution in [0.25, 0.3) is 0 Å². The molecular weight excluding hydrogens is 484 g/mol. The maximum atomic E-state index is 13.4. The Morgan fingerprint density at radius 1 is 0.921 bits per heavy atom. The third-order valence-electron chi connectivity index (χ3n) is 7.94. The van der Waals surface area contributed by atoms with Gasteiger partial charge in [-0.15, -0.1) is 0 Å². The highest BCUT2D eigenvalue weighted by molar-refractivity contribution is 5.85. The lowest BCUT2D eigenvalue weighted by atomic mass is 9.86. The predicted octanol–water partition coefficient (Wildman–Crippen LogP) is 3.28. The summed E-state index contributed by atoms with van der Waals surface area (Å²) < 4.78 is 5.94. The second kappa shape index (κ2) is 12.5. The van der Waals surface area contributed by atoms with Crippen LogP contribution in [0.15, 0.2) is 60.7 Å². The van der Waals surface area contributed by atoms with Crippen LogP contribution < -0.4 is 0 Å². The lowest BCUT2D eigenvalue weighted by Crippen LogP contribution is -2.40. The van der Waals surface area contributed by atoms with Crippen molar-refractivity contribution in [3.63, 3.8) is 0 Å². The number of aliphatic hydroxyl groups is 1. The third-order valence-corrected chi connectivity index (χ3v) is 7.94. The van der Waals surface area contributed by atoms with Crippen molar-refractivity contribution in [3.05, 3.63) is 71.8 Å². The number of nitrogens with zero attached hydrogens (tertiary/aromatic N) is 2. The number of aliphatic carboxylic acids is 1. The summed E-state index contributed by atoms with van der Waals surface area (Å²) in [6.45, 7) is 3.01. The van der Waals surface area contributed by atoms with Crippen LogP contribution in [0.5, 0.6) is 0 Å². The number of carboxylic acids is 1. The van der Waals surface area contributed by atoms with Crippen molar-refractivity contribution >= 4 is 17.8 Å². The number of hydrogen-bond donors (Lipinski definition) is 2. The average Bonchev–Trinajstić information content (AvgIpc) is 3.48. The number of amides is 1. The summed E-state index contributed by atoms with van der Waals surface area (Å²) in [6.07, 6.45) is 3.10. The highest BCUT2D eigenvalue weighted by Crippen LogP contribution is 2.41. The van der Waals surface area contributed by atoms with Gasteiger partial charge in [0, 0.05) is 46.1 Å². The molecule has 1 saturated carbocycles. The maximum absolute atomic E-state index is 13.4. The van der Waals surface area contributed by atoms with E-state index in [0.717, 1.165) is 25.9 Å². The number of hydrogen-bond acceptors (Lipinski definition) is 6. The number of carboxylic acid groups (broad SMARTS) is 1. The highest BCUT2D eigenvalue weighted by Gasteiger charge is 2.46. The number of esters is 1. The summed E-state index contributed by atoms with van der Waals surface area (Å²) in [6, 6.07) is 17.8. The summed E-state index contributed by atoms with van der Waals surface area (Å²) in [7, 11) is 1.77. The van der Waals surface area contributed by atoms with E-state index in [4.69, 9.17) is 9.84 Å². The van der Waals surface area contributed by atoms with Gasteiger partial charge in [-0.05, 0) is 48.6 Å². The Kier molecular flexibility index (Phi) is 9.17. The molecule has 1 amide bonds. The highest BCUT2D eigenvalue weighted by atomic mass is 16.6. The van der Waals surface area contributed by atoms with E-state index in [1.165, 1.54) is 0 Å². The maximum Gasteiger partial charge on any atom is 0.347 e. The molecule has 2 fully saturated rings. The van der Waals surface area contributed by atoms with E-state index in [1.54, 1.807) is 60.5 Å². The van der Waals surface area contributed by atoms with Gasteiger partial charge in [-0.2, -0.15) is 0 Å². The summed E-state index contributed by atoms with van der Waals surface area (Å²) >= 11 is 0. The zero-order valence-corrected chi connectivity index (χ0v) is 22.0. The Bertz CT molecular complexity index is 1040. The van der Waals surface area contributed by atoms with Crippen LogP contribution in [-0.4, -0.2) is 77.2 Å². The van der Waals surface area contributed by atoms with E-state index in [0.29, 0.717) is 55.3 Å². The number of fused-ring (bicyclic) bond motifs is 1. The van der Waals surface area contributed by atoms with E-state index in [9.17, 15) is 19.5 Å². The van der Waals surface area contributed by atoms with E-state index in [1.807, 2.05) is 12.1 Å². The van der Waals surface area contributed by atoms with Crippen LogP contribution in [0.1, 0.15) is 49.7 Å². The van der Waals surface area contributed by atoms with Gasteiger partial charge in [0.05, 0.1) is 0 Å². The molecule has 38 heavy (non-hydrogen) atoms. The first kappa shape index (κ1) is 27.8. The molecule has 2 aliphatic rings. The van der Waals surface area contributed by atoms with Crippen LogP contribution in [0.2, 0.25) is 0 Å².